The van der Waals surface area contributed by atoms with E-state index in [1.54, 1.807) is 0 Å². The van der Waals surface area contributed by atoms with Crippen LogP contribution in [0.25, 0.3) is 0 Å². The van der Waals surface area contributed by atoms with Crippen molar-refractivity contribution in [1.82, 2.24) is 5.01 Å². The van der Waals surface area contributed by atoms with Gasteiger partial charge in [0, 0.05) is 5.88 Å². The molecule has 0 aromatic heterocycles. The molecule has 16 heavy (non-hydrogen) atoms. The molecule has 0 aliphatic heterocycles. The highest BCUT2D eigenvalue weighted by Crippen LogP contribution is 2.37. The summed E-state index contributed by atoms with van der Waals surface area (Å²) in [5.41, 5.74) is 4.29. The topological polar surface area (TPSA) is 96.0 Å². The molecule has 0 radical (unpaired) electrons. The van der Waals surface area contributed by atoms with Crippen LogP contribution in [0.5, 0.6) is 0 Å². The summed E-state index contributed by atoms with van der Waals surface area (Å²) < 4.78 is 0. The van der Waals surface area contributed by atoms with Gasteiger partial charge in [-0.15, -0.1) is 16.5 Å². The Labute approximate surface area is 98.7 Å². The van der Waals surface area contributed by atoms with Gasteiger partial charge in [-0.2, -0.15) is 5.01 Å². The van der Waals surface area contributed by atoms with Gasteiger partial charge in [-0.1, -0.05) is 0 Å². The lowest BCUT2D eigenvalue weighted by Gasteiger charge is -2.42. The molecule has 2 atom stereocenters. The first-order valence-corrected chi connectivity index (χ1v) is 5.76. The van der Waals surface area contributed by atoms with Gasteiger partial charge in [0.2, 0.25) is 0 Å². The number of aliphatic hydroxyl groups excluding tert-OH is 1. The number of halogens is 1. The number of nitroso groups, excluding NO2 is 1. The van der Waals surface area contributed by atoms with Crippen LogP contribution in [-0.2, 0) is 0 Å². The van der Waals surface area contributed by atoms with Crippen LogP contribution >= 0.6 is 11.6 Å². The van der Waals surface area contributed by atoms with E-state index in [1.807, 2.05) is 0 Å². The van der Waals surface area contributed by atoms with Crippen molar-refractivity contribution < 1.29 is 9.90 Å². The Morgan fingerprint density at radius 1 is 1.69 bits per heavy atom. The smallest absolute Gasteiger partial charge is 0.338 e. The summed E-state index contributed by atoms with van der Waals surface area (Å²) >= 11 is 5.67. The number of nitrogens with zero attached hydrogens (tertiary/aromatic N) is 2. The van der Waals surface area contributed by atoms with Crippen LogP contribution < -0.4 is 5.73 Å². The lowest BCUT2D eigenvalue weighted by Crippen LogP contribution is -2.54. The minimum atomic E-state index is -0.894. The van der Waals surface area contributed by atoms with Crippen LogP contribution in [0.1, 0.15) is 32.1 Å². The Balaban J connectivity index is 2.93. The number of carbonyl (C=O) groups is 1. The number of urea groups is 1. The molecule has 1 fully saturated rings. The van der Waals surface area contributed by atoms with Crippen LogP contribution in [0.3, 0.4) is 0 Å². The summed E-state index contributed by atoms with van der Waals surface area (Å²) in [6.07, 6.45) is 2.13. The first-order chi connectivity index (χ1) is 7.55. The molecule has 7 heteroatoms. The third-order valence-electron chi connectivity index (χ3n) is 3.09. The minimum absolute atomic E-state index is 0.284. The Morgan fingerprint density at radius 3 is 2.81 bits per heavy atom. The molecule has 0 saturated heterocycles. The quantitative estimate of drug-likeness (QED) is 0.447. The van der Waals surface area contributed by atoms with E-state index in [9.17, 15) is 14.8 Å². The van der Waals surface area contributed by atoms with Crippen molar-refractivity contribution in [2.75, 3.05) is 5.88 Å². The molecule has 1 aliphatic rings. The predicted octanol–water partition coefficient (Wildman–Crippen LogP) is 1.35. The number of rotatable bonds is 4. The van der Waals surface area contributed by atoms with E-state index >= 15 is 0 Å². The van der Waals surface area contributed by atoms with Crippen molar-refractivity contribution in [3.8, 4) is 0 Å². The van der Waals surface area contributed by atoms with E-state index < -0.39 is 17.7 Å². The van der Waals surface area contributed by atoms with Gasteiger partial charge in [0.15, 0.2) is 0 Å². The maximum Gasteiger partial charge on any atom is 0.338 e. The highest BCUT2D eigenvalue weighted by Gasteiger charge is 2.43. The Kier molecular flexibility index (Phi) is 4.49. The summed E-state index contributed by atoms with van der Waals surface area (Å²) in [7, 11) is 0. The molecule has 0 aromatic carbocycles. The van der Waals surface area contributed by atoms with Gasteiger partial charge >= 0.3 is 6.03 Å². The lowest BCUT2D eigenvalue weighted by molar-refractivity contribution is 0.0130. The second kappa shape index (κ2) is 5.45. The van der Waals surface area contributed by atoms with Crippen LogP contribution in [-0.4, -0.2) is 33.7 Å². The molecule has 1 rings (SSSR count). The molecule has 1 aliphatic carbocycles. The van der Waals surface area contributed by atoms with Crippen molar-refractivity contribution in [3.63, 3.8) is 0 Å². The molecule has 6 nitrogen and oxygen atoms in total. The van der Waals surface area contributed by atoms with E-state index in [0.29, 0.717) is 25.7 Å². The van der Waals surface area contributed by atoms with E-state index in [1.165, 1.54) is 0 Å². The van der Waals surface area contributed by atoms with Gasteiger partial charge in [0.25, 0.3) is 0 Å². The van der Waals surface area contributed by atoms with Crippen LogP contribution in [0, 0.1) is 4.91 Å². The van der Waals surface area contributed by atoms with Gasteiger partial charge in [0.05, 0.1) is 16.9 Å². The first kappa shape index (κ1) is 13.2. The van der Waals surface area contributed by atoms with Crippen molar-refractivity contribution >= 4 is 17.6 Å². The average Bonchev–Trinajstić information content (AvgIpc) is 2.18. The van der Waals surface area contributed by atoms with E-state index in [4.69, 9.17) is 17.3 Å². The van der Waals surface area contributed by atoms with Crippen LogP contribution in [0.2, 0.25) is 0 Å². The van der Waals surface area contributed by atoms with Gasteiger partial charge in [-0.3, -0.25) is 0 Å². The van der Waals surface area contributed by atoms with Crippen molar-refractivity contribution in [2.24, 2.45) is 11.0 Å². The second-order valence-electron chi connectivity index (χ2n) is 4.15. The standard InChI is InChI=1S/C9H16ClN3O3/c10-5-4-9(13(12-16)8(11)15)3-1-2-7(14)6-9/h7,14H,1-6H2,(H2,11,15). The molecular weight excluding hydrogens is 234 g/mol. The third kappa shape index (κ3) is 2.62. The molecule has 0 aromatic rings. The fraction of sp³-hybridized carbons (Fsp3) is 0.889. The summed E-state index contributed by atoms with van der Waals surface area (Å²) in [5.74, 6) is 0.284. The van der Waals surface area contributed by atoms with Gasteiger partial charge < -0.3 is 10.8 Å². The fourth-order valence-electron chi connectivity index (χ4n) is 2.37. The molecule has 2 unspecified atom stereocenters. The number of hydrogen-bond acceptors (Lipinski definition) is 4. The molecule has 1 saturated carbocycles. The maximum atomic E-state index is 11.1. The van der Waals surface area contributed by atoms with Crippen molar-refractivity contribution in [2.45, 2.75) is 43.7 Å². The minimum Gasteiger partial charge on any atom is -0.393 e. The fourth-order valence-corrected chi connectivity index (χ4v) is 2.72. The predicted molar refractivity (Wildman–Crippen MR) is 59.8 cm³/mol. The number of alkyl halides is 1. The zero-order chi connectivity index (χ0) is 12.2. The molecule has 92 valence electrons. The zero-order valence-corrected chi connectivity index (χ0v) is 9.69. The van der Waals surface area contributed by atoms with Gasteiger partial charge in [-0.05, 0) is 32.1 Å². The zero-order valence-electron chi connectivity index (χ0n) is 8.93. The molecule has 0 heterocycles. The normalized spacial score (nSPS) is 29.8. The Morgan fingerprint density at radius 2 is 2.38 bits per heavy atom. The number of carbonyl (C=O) groups excluding carboxylic acids is 1. The maximum absolute atomic E-state index is 11.1. The first-order valence-electron chi connectivity index (χ1n) is 5.23. The third-order valence-corrected chi connectivity index (χ3v) is 3.28. The van der Waals surface area contributed by atoms with Gasteiger partial charge in [0.1, 0.15) is 0 Å². The summed E-state index contributed by atoms with van der Waals surface area (Å²) in [6, 6.07) is -0.894. The van der Waals surface area contributed by atoms with Crippen LogP contribution in [0.4, 0.5) is 4.79 Å². The number of hydrogen-bond donors (Lipinski definition) is 2. The van der Waals surface area contributed by atoms with Crippen LogP contribution in [0.15, 0.2) is 5.29 Å². The molecule has 0 spiro atoms. The number of amides is 2. The summed E-state index contributed by atoms with van der Waals surface area (Å²) in [6.45, 7) is 0. The Hall–Kier alpha value is -0.880. The molecular formula is C9H16ClN3O3. The molecule has 2 amide bonds. The Bertz CT molecular complexity index is 273. The monoisotopic (exact) mass is 249 g/mol. The highest BCUT2D eigenvalue weighted by atomic mass is 35.5. The molecule has 3 N–H and O–H groups in total. The lowest BCUT2D eigenvalue weighted by atomic mass is 9.78. The number of nitrogens with two attached hydrogens (primary N) is 1. The summed E-state index contributed by atoms with van der Waals surface area (Å²) in [4.78, 5) is 21.8. The van der Waals surface area contributed by atoms with E-state index in [2.05, 4.69) is 5.29 Å². The van der Waals surface area contributed by atoms with E-state index in [-0.39, 0.29) is 5.88 Å². The summed E-state index contributed by atoms with van der Waals surface area (Å²) in [5, 5.41) is 13.0. The van der Waals surface area contributed by atoms with Crippen molar-refractivity contribution in [1.29, 1.82) is 0 Å². The largest absolute Gasteiger partial charge is 0.393 e. The number of aliphatic hydroxyl groups is 1. The van der Waals surface area contributed by atoms with Crippen molar-refractivity contribution in [3.05, 3.63) is 4.91 Å². The SMILES string of the molecule is NC(=O)N(N=O)C1(CCCl)CCCC(O)C1. The molecule has 0 bridgehead atoms. The number of primary amides is 1. The van der Waals surface area contributed by atoms with Gasteiger partial charge in [-0.25, -0.2) is 4.79 Å². The highest BCUT2D eigenvalue weighted by molar-refractivity contribution is 6.17. The van der Waals surface area contributed by atoms with E-state index in [0.717, 1.165) is 11.4 Å². The average molecular weight is 250 g/mol. The second-order valence-corrected chi connectivity index (χ2v) is 4.52.